The van der Waals surface area contributed by atoms with Gasteiger partial charge >= 0.3 is 0 Å². The molecule has 330 valence electrons. The second-order valence-corrected chi connectivity index (χ2v) is 18.4. The van der Waals surface area contributed by atoms with Gasteiger partial charge in [-0.2, -0.15) is 0 Å². The number of hydrogen-bond acceptors (Lipinski definition) is 5. The predicted molar refractivity (Wildman–Crippen MR) is 285 cm³/mol. The van der Waals surface area contributed by atoms with Crippen molar-refractivity contribution in [3.8, 4) is 17.1 Å². The summed E-state index contributed by atoms with van der Waals surface area (Å²) in [4.78, 5) is 10.7. The first-order valence-electron chi connectivity index (χ1n) is 23.9. The Morgan fingerprint density at radius 1 is 0.500 bits per heavy atom. The first-order valence-corrected chi connectivity index (χ1v) is 23.9. The monoisotopic (exact) mass is 899 g/mol. The number of hydrogen-bond donors (Lipinski definition) is 1. The molecule has 3 aliphatic rings. The van der Waals surface area contributed by atoms with Gasteiger partial charge in [0.2, 0.25) is 0 Å². The molecule has 2 aliphatic heterocycles. The summed E-state index contributed by atoms with van der Waals surface area (Å²) in [5, 5.41) is 10.8. The van der Waals surface area contributed by atoms with Gasteiger partial charge in [-0.3, -0.25) is 0 Å². The first-order chi connectivity index (χ1) is 34.7. The zero-order chi connectivity index (χ0) is 45.9. The van der Waals surface area contributed by atoms with Crippen LogP contribution in [0, 0.1) is 0 Å². The Balaban J connectivity index is 0.840. The third-order valence-corrected chi connectivity index (χ3v) is 14.5. The van der Waals surface area contributed by atoms with E-state index in [0.29, 0.717) is 5.84 Å². The van der Waals surface area contributed by atoms with E-state index in [4.69, 9.17) is 19.1 Å². The fraction of sp³-hybridized carbons (Fsp3) is 0.0476. The maximum atomic E-state index is 6.77. The van der Waals surface area contributed by atoms with Gasteiger partial charge in [0.15, 0.2) is 5.84 Å². The molecule has 9 aromatic carbocycles. The van der Waals surface area contributed by atoms with Crippen molar-refractivity contribution >= 4 is 82.8 Å². The van der Waals surface area contributed by atoms with Crippen molar-refractivity contribution in [1.29, 1.82) is 0 Å². The number of furan rings is 1. The third-order valence-electron chi connectivity index (χ3n) is 14.5. The maximum absolute atomic E-state index is 6.77. The van der Waals surface area contributed by atoms with Crippen LogP contribution in [0.4, 0.5) is 0 Å². The van der Waals surface area contributed by atoms with Gasteiger partial charge in [0.05, 0.1) is 22.1 Å². The molecule has 3 atom stereocenters. The average molecular weight is 900 g/mol. The molecule has 15 rings (SSSR count). The van der Waals surface area contributed by atoms with E-state index in [2.05, 4.69) is 233 Å². The summed E-state index contributed by atoms with van der Waals surface area (Å²) < 4.78 is 18.2. The molecule has 5 heterocycles. The van der Waals surface area contributed by atoms with Gasteiger partial charge in [0.25, 0.3) is 0 Å². The summed E-state index contributed by atoms with van der Waals surface area (Å²) in [6.07, 6.45) is 6.32. The van der Waals surface area contributed by atoms with Crippen molar-refractivity contribution in [2.24, 2.45) is 9.98 Å². The lowest BCUT2D eigenvalue weighted by Gasteiger charge is -2.25. The van der Waals surface area contributed by atoms with Gasteiger partial charge < -0.3 is 23.6 Å². The number of benzene rings is 9. The molecule has 0 amide bonds. The van der Waals surface area contributed by atoms with Crippen LogP contribution in [0.3, 0.4) is 0 Å². The van der Waals surface area contributed by atoms with Crippen LogP contribution in [-0.2, 0) is 0 Å². The molecule has 7 nitrogen and oxygen atoms in total. The van der Waals surface area contributed by atoms with Crippen LogP contribution < -0.4 is 10.1 Å². The normalized spacial score (nSPS) is 17.4. The minimum Gasteiger partial charge on any atom is -0.485 e. The molecule has 0 bridgehead atoms. The number of fused-ring (bicyclic) bond motifs is 12. The molecule has 0 spiro atoms. The number of rotatable bonds is 6. The zero-order valence-electron chi connectivity index (χ0n) is 37.7. The molecule has 70 heavy (non-hydrogen) atoms. The minimum absolute atomic E-state index is 0.0580. The van der Waals surface area contributed by atoms with Crippen LogP contribution in [0.15, 0.2) is 239 Å². The molecular formula is C63H41N5O2. The molecule has 0 radical (unpaired) electrons. The van der Waals surface area contributed by atoms with Crippen LogP contribution in [-0.4, -0.2) is 26.9 Å². The van der Waals surface area contributed by atoms with Gasteiger partial charge in [0.1, 0.15) is 35.0 Å². The Kier molecular flexibility index (Phi) is 8.41. The van der Waals surface area contributed by atoms with E-state index < -0.39 is 0 Å². The van der Waals surface area contributed by atoms with E-state index in [-0.39, 0.29) is 18.2 Å². The van der Waals surface area contributed by atoms with Gasteiger partial charge in [-0.25, -0.2) is 9.98 Å². The number of nitrogens with one attached hydrogen (secondary N) is 1. The topological polar surface area (TPSA) is 69.0 Å². The minimum atomic E-state index is -0.382. The number of amidine groups is 2. The number of ether oxygens (including phenoxy) is 1. The molecule has 0 saturated carbocycles. The Morgan fingerprint density at radius 2 is 1.13 bits per heavy atom. The van der Waals surface area contributed by atoms with E-state index in [1.165, 1.54) is 38.1 Å². The highest BCUT2D eigenvalue weighted by Gasteiger charge is 2.38. The number of allylic oxidation sites excluding steroid dienone is 2. The van der Waals surface area contributed by atoms with E-state index in [1.807, 2.05) is 6.07 Å². The highest BCUT2D eigenvalue weighted by atomic mass is 16.5. The highest BCUT2D eigenvalue weighted by molar-refractivity contribution is 6.17. The van der Waals surface area contributed by atoms with Crippen LogP contribution in [0.25, 0.3) is 82.5 Å². The molecule has 7 heteroatoms. The van der Waals surface area contributed by atoms with E-state index in [0.717, 1.165) is 83.8 Å². The van der Waals surface area contributed by atoms with Crippen LogP contribution in [0.5, 0.6) is 5.75 Å². The zero-order valence-corrected chi connectivity index (χ0v) is 37.7. The van der Waals surface area contributed by atoms with Crippen molar-refractivity contribution in [1.82, 2.24) is 14.5 Å². The molecule has 1 N–H and O–H groups in total. The molecule has 3 aromatic heterocycles. The summed E-state index contributed by atoms with van der Waals surface area (Å²) in [6, 6.07) is 72.8. The van der Waals surface area contributed by atoms with Crippen molar-refractivity contribution in [3.05, 3.63) is 252 Å². The summed E-state index contributed by atoms with van der Waals surface area (Å²) in [6.45, 7) is 0. The third kappa shape index (κ3) is 5.88. The second-order valence-electron chi connectivity index (χ2n) is 18.4. The van der Waals surface area contributed by atoms with Crippen molar-refractivity contribution in [3.63, 3.8) is 0 Å². The predicted octanol–water partition coefficient (Wildman–Crippen LogP) is 14.8. The lowest BCUT2D eigenvalue weighted by molar-refractivity contribution is 0.269. The summed E-state index contributed by atoms with van der Waals surface area (Å²) in [5.41, 5.74) is 14.8. The summed E-state index contributed by atoms with van der Waals surface area (Å²) in [7, 11) is 0. The number of aromatic nitrogens is 2. The van der Waals surface area contributed by atoms with E-state index in [1.54, 1.807) is 0 Å². The maximum Gasteiger partial charge on any atom is 0.159 e. The Hall–Kier alpha value is -9.20. The summed E-state index contributed by atoms with van der Waals surface area (Å²) in [5.74, 6) is 2.18. The molecule has 0 saturated heterocycles. The Morgan fingerprint density at radius 3 is 1.90 bits per heavy atom. The van der Waals surface area contributed by atoms with E-state index in [9.17, 15) is 0 Å². The number of aliphatic imine (C=N–C) groups is 2. The first kappa shape index (κ1) is 38.9. The fourth-order valence-electron chi connectivity index (χ4n) is 11.4. The largest absolute Gasteiger partial charge is 0.485 e. The highest BCUT2D eigenvalue weighted by Crippen LogP contribution is 2.47. The van der Waals surface area contributed by atoms with Crippen LogP contribution in [0.2, 0.25) is 0 Å². The number of para-hydroxylation sites is 5. The van der Waals surface area contributed by atoms with Gasteiger partial charge in [-0.15, -0.1) is 0 Å². The molecule has 0 fully saturated rings. The lowest BCUT2D eigenvalue weighted by atomic mass is 9.84. The van der Waals surface area contributed by atoms with E-state index >= 15 is 0 Å². The van der Waals surface area contributed by atoms with Crippen LogP contribution in [0.1, 0.15) is 39.9 Å². The molecule has 3 unspecified atom stereocenters. The SMILES string of the molecule is C1=CC2Oc3cccc(C4=NC(c5ccc6c(c5)oc5cc(-n7c8ccccc8c8ccccc87)ccc56)=NC(c5ccccc5)N4)c3C2C=C1c1cccc2c3ccccc3n(-c3ccccc3)c12. The van der Waals surface area contributed by atoms with Gasteiger partial charge in [-0.05, 0) is 77.9 Å². The average Bonchev–Trinajstić information content (AvgIpc) is 4.18. The Labute approximate surface area is 402 Å². The smallest absolute Gasteiger partial charge is 0.159 e. The summed E-state index contributed by atoms with van der Waals surface area (Å²) >= 11 is 0. The van der Waals surface area contributed by atoms with Gasteiger partial charge in [0, 0.05) is 77.9 Å². The molecule has 1 aliphatic carbocycles. The Bertz CT molecular complexity index is 4210. The second kappa shape index (κ2) is 15.2. The van der Waals surface area contributed by atoms with Crippen molar-refractivity contribution in [2.45, 2.75) is 18.2 Å². The van der Waals surface area contributed by atoms with Crippen LogP contribution >= 0.6 is 0 Å². The molecular weight excluding hydrogens is 859 g/mol. The number of nitrogens with zero attached hydrogens (tertiary/aromatic N) is 4. The quantitative estimate of drug-likeness (QED) is 0.181. The van der Waals surface area contributed by atoms with Crippen molar-refractivity contribution < 1.29 is 9.15 Å². The lowest BCUT2D eigenvalue weighted by Crippen LogP contribution is -2.34. The fourth-order valence-corrected chi connectivity index (χ4v) is 11.4. The standard InChI is InChI=1S/C63H41N5O2/c1-3-15-38(16-4-1)61-64-62(40-29-32-47-48-33-31-42(37-58(48)70-57(47)36-40)67-52-25-10-7-19-44(52)45-20-8-11-26-53(45)67)66-63(65-61)50-24-14-28-56-59(50)51-35-39(30-34-55(51)69-56)43-22-13-23-49-46-21-9-12-27-54(46)68(60(43)49)41-17-5-2-6-18-41/h1-37,51,55,61H,(H,64,65,66). The van der Waals surface area contributed by atoms with Crippen molar-refractivity contribution in [2.75, 3.05) is 0 Å². The molecule has 12 aromatic rings. The van der Waals surface area contributed by atoms with Gasteiger partial charge in [-0.1, -0.05) is 152 Å².